The summed E-state index contributed by atoms with van der Waals surface area (Å²) >= 11 is 3.36. The molecule has 0 fully saturated rings. The zero-order chi connectivity index (χ0) is 19.5. The summed E-state index contributed by atoms with van der Waals surface area (Å²) in [6, 6.07) is 16.5. The molecule has 0 saturated carbocycles. The van der Waals surface area contributed by atoms with E-state index in [1.807, 2.05) is 43.3 Å². The number of benzene rings is 2. The number of hydrogen-bond donors (Lipinski definition) is 1. The molecule has 140 valence electrons. The molecule has 0 aliphatic carbocycles. The zero-order valence-electron chi connectivity index (χ0n) is 15.0. The third-order valence-electron chi connectivity index (χ3n) is 4.19. The first-order valence-corrected chi connectivity index (χ1v) is 9.39. The first kappa shape index (κ1) is 18.2. The van der Waals surface area contributed by atoms with Crippen LogP contribution in [0.4, 0.5) is 5.69 Å². The number of nitrogens with one attached hydrogen (secondary N) is 1. The van der Waals surface area contributed by atoms with Crippen LogP contribution in [0.5, 0.6) is 5.75 Å². The van der Waals surface area contributed by atoms with Crippen LogP contribution in [-0.4, -0.2) is 22.5 Å². The average Bonchev–Trinajstić information content (AvgIpc) is 3.13. The van der Waals surface area contributed by atoms with Crippen LogP contribution in [0.2, 0.25) is 0 Å². The van der Waals surface area contributed by atoms with Gasteiger partial charge in [-0.2, -0.15) is 4.98 Å². The summed E-state index contributed by atoms with van der Waals surface area (Å²) in [6.07, 6.45) is 1.67. The van der Waals surface area contributed by atoms with Crippen LogP contribution >= 0.6 is 15.9 Å². The fourth-order valence-electron chi connectivity index (χ4n) is 2.75. The number of ether oxygens (including phenoxy) is 1. The van der Waals surface area contributed by atoms with Gasteiger partial charge in [-0.1, -0.05) is 22.0 Å². The molecule has 0 spiro atoms. The monoisotopic (exact) mass is 437 g/mol. The Kier molecular flexibility index (Phi) is 5.08. The Morgan fingerprint density at radius 2 is 1.96 bits per heavy atom. The summed E-state index contributed by atoms with van der Waals surface area (Å²) in [5.41, 5.74) is 3.50. The van der Waals surface area contributed by atoms with Crippen LogP contribution in [0.1, 0.15) is 5.56 Å². The SMILES string of the molecule is Cc1c(NC(=O)COc2ccc(Br)cc2)cccc1-c1nc2ncccc2o1. The molecular formula is C21H16BrN3O3. The van der Waals surface area contributed by atoms with Crippen molar-refractivity contribution in [2.24, 2.45) is 0 Å². The number of pyridine rings is 1. The van der Waals surface area contributed by atoms with Gasteiger partial charge in [0, 0.05) is 21.9 Å². The molecule has 4 aromatic rings. The molecule has 1 N–H and O–H groups in total. The van der Waals surface area contributed by atoms with Crippen molar-refractivity contribution in [3.63, 3.8) is 0 Å². The molecule has 2 aromatic carbocycles. The summed E-state index contributed by atoms with van der Waals surface area (Å²) in [4.78, 5) is 20.9. The van der Waals surface area contributed by atoms with Crippen LogP contribution in [0.25, 0.3) is 22.7 Å². The summed E-state index contributed by atoms with van der Waals surface area (Å²) in [6.45, 7) is 1.82. The van der Waals surface area contributed by atoms with Gasteiger partial charge in [0.05, 0.1) is 0 Å². The van der Waals surface area contributed by atoms with Gasteiger partial charge in [-0.25, -0.2) is 4.98 Å². The van der Waals surface area contributed by atoms with Gasteiger partial charge in [-0.05, 0) is 61.0 Å². The Morgan fingerprint density at radius 3 is 2.75 bits per heavy atom. The highest BCUT2D eigenvalue weighted by molar-refractivity contribution is 9.10. The molecule has 28 heavy (non-hydrogen) atoms. The van der Waals surface area contributed by atoms with Crippen molar-refractivity contribution >= 4 is 38.8 Å². The van der Waals surface area contributed by atoms with Gasteiger partial charge in [-0.3, -0.25) is 4.79 Å². The molecule has 0 saturated heterocycles. The molecule has 0 bridgehead atoms. The van der Waals surface area contributed by atoms with E-state index >= 15 is 0 Å². The number of anilines is 1. The maximum atomic E-state index is 12.3. The highest BCUT2D eigenvalue weighted by atomic mass is 79.9. The quantitative estimate of drug-likeness (QED) is 0.476. The third kappa shape index (κ3) is 3.89. The van der Waals surface area contributed by atoms with E-state index in [2.05, 4.69) is 31.2 Å². The first-order chi connectivity index (χ1) is 13.6. The Bertz CT molecular complexity index is 1110. The van der Waals surface area contributed by atoms with Gasteiger partial charge in [0.25, 0.3) is 5.91 Å². The van der Waals surface area contributed by atoms with Crippen LogP contribution in [-0.2, 0) is 4.79 Å². The maximum Gasteiger partial charge on any atom is 0.262 e. The number of hydrogen-bond acceptors (Lipinski definition) is 5. The van der Waals surface area contributed by atoms with E-state index in [-0.39, 0.29) is 12.5 Å². The van der Waals surface area contributed by atoms with Crippen molar-refractivity contribution in [3.05, 3.63) is 70.8 Å². The molecule has 7 heteroatoms. The van der Waals surface area contributed by atoms with E-state index in [1.54, 1.807) is 24.4 Å². The number of halogens is 1. The van der Waals surface area contributed by atoms with Gasteiger partial charge in [-0.15, -0.1) is 0 Å². The number of nitrogens with zero attached hydrogens (tertiary/aromatic N) is 2. The number of oxazole rings is 1. The van der Waals surface area contributed by atoms with Crippen molar-refractivity contribution in [2.45, 2.75) is 6.92 Å². The van der Waals surface area contributed by atoms with Crippen molar-refractivity contribution in [3.8, 4) is 17.2 Å². The fraction of sp³-hybridized carbons (Fsp3) is 0.0952. The second kappa shape index (κ2) is 7.82. The molecule has 2 heterocycles. The molecule has 0 aliphatic rings. The van der Waals surface area contributed by atoms with E-state index in [4.69, 9.17) is 9.15 Å². The number of carbonyl (C=O) groups is 1. The van der Waals surface area contributed by atoms with Crippen molar-refractivity contribution in [1.82, 2.24) is 9.97 Å². The molecule has 0 atom stereocenters. The molecule has 2 aromatic heterocycles. The summed E-state index contributed by atoms with van der Waals surface area (Å²) in [7, 11) is 0. The van der Waals surface area contributed by atoms with E-state index in [9.17, 15) is 4.79 Å². The van der Waals surface area contributed by atoms with E-state index < -0.39 is 0 Å². The Balaban J connectivity index is 1.50. The number of rotatable bonds is 5. The van der Waals surface area contributed by atoms with Crippen molar-refractivity contribution in [2.75, 3.05) is 11.9 Å². The molecule has 0 radical (unpaired) electrons. The van der Waals surface area contributed by atoms with Gasteiger partial charge < -0.3 is 14.5 Å². The standard InChI is InChI=1S/C21H16BrN3O3/c1-13-16(21-25-20-18(28-21)6-3-11-23-20)4-2-5-17(13)24-19(26)12-27-15-9-7-14(22)8-10-15/h2-11H,12H2,1H3,(H,24,26). The minimum absolute atomic E-state index is 0.0852. The smallest absolute Gasteiger partial charge is 0.262 e. The van der Waals surface area contributed by atoms with E-state index in [0.717, 1.165) is 15.6 Å². The molecule has 4 rings (SSSR count). The second-order valence-corrected chi connectivity index (χ2v) is 7.03. The average molecular weight is 438 g/mol. The Hall–Kier alpha value is -3.19. The predicted molar refractivity (Wildman–Crippen MR) is 110 cm³/mol. The fourth-order valence-corrected chi connectivity index (χ4v) is 3.02. The molecular weight excluding hydrogens is 422 g/mol. The third-order valence-corrected chi connectivity index (χ3v) is 4.72. The van der Waals surface area contributed by atoms with Crippen LogP contribution in [0.15, 0.2) is 69.7 Å². The maximum absolute atomic E-state index is 12.3. The molecule has 0 aliphatic heterocycles. The highest BCUT2D eigenvalue weighted by Gasteiger charge is 2.14. The van der Waals surface area contributed by atoms with Gasteiger partial charge >= 0.3 is 0 Å². The lowest BCUT2D eigenvalue weighted by molar-refractivity contribution is -0.118. The lowest BCUT2D eigenvalue weighted by Gasteiger charge is -2.11. The van der Waals surface area contributed by atoms with Crippen LogP contribution < -0.4 is 10.1 Å². The second-order valence-electron chi connectivity index (χ2n) is 6.11. The van der Waals surface area contributed by atoms with E-state index in [0.29, 0.717) is 28.6 Å². The number of amides is 1. The highest BCUT2D eigenvalue weighted by Crippen LogP contribution is 2.30. The van der Waals surface area contributed by atoms with Crippen molar-refractivity contribution < 1.29 is 13.9 Å². The van der Waals surface area contributed by atoms with Crippen LogP contribution in [0, 0.1) is 6.92 Å². The van der Waals surface area contributed by atoms with E-state index in [1.165, 1.54) is 0 Å². The van der Waals surface area contributed by atoms with Gasteiger partial charge in [0.1, 0.15) is 5.75 Å². The van der Waals surface area contributed by atoms with Crippen molar-refractivity contribution in [1.29, 1.82) is 0 Å². The minimum atomic E-state index is -0.248. The number of carbonyl (C=O) groups excluding carboxylic acids is 1. The number of fused-ring (bicyclic) bond motifs is 1. The van der Waals surface area contributed by atoms with Crippen LogP contribution in [0.3, 0.4) is 0 Å². The molecule has 0 unspecified atom stereocenters. The summed E-state index contributed by atoms with van der Waals surface area (Å²) < 4.78 is 12.3. The predicted octanol–water partition coefficient (Wildman–Crippen LogP) is 4.98. The lowest BCUT2D eigenvalue weighted by Crippen LogP contribution is -2.20. The molecule has 1 amide bonds. The normalized spacial score (nSPS) is 10.8. The topological polar surface area (TPSA) is 77.2 Å². The molecule has 6 nitrogen and oxygen atoms in total. The number of aromatic nitrogens is 2. The lowest BCUT2D eigenvalue weighted by atomic mass is 10.1. The Labute approximate surface area is 169 Å². The van der Waals surface area contributed by atoms with Gasteiger partial charge in [0.2, 0.25) is 5.89 Å². The minimum Gasteiger partial charge on any atom is -0.484 e. The largest absolute Gasteiger partial charge is 0.484 e. The Morgan fingerprint density at radius 1 is 1.14 bits per heavy atom. The van der Waals surface area contributed by atoms with Gasteiger partial charge in [0.15, 0.2) is 17.8 Å². The first-order valence-electron chi connectivity index (χ1n) is 8.60. The summed E-state index contributed by atoms with van der Waals surface area (Å²) in [5.74, 6) is 0.846. The zero-order valence-corrected chi connectivity index (χ0v) is 16.6. The summed E-state index contributed by atoms with van der Waals surface area (Å²) in [5, 5.41) is 2.88.